The second kappa shape index (κ2) is 6.38. The van der Waals surface area contributed by atoms with Gasteiger partial charge >= 0.3 is 0 Å². The molecule has 1 nitrogen and oxygen atoms in total. The molecule has 0 saturated heterocycles. The van der Waals surface area contributed by atoms with Crippen LogP contribution in [0.4, 0.5) is 4.39 Å². The minimum Gasteiger partial charge on any atom is -0.306 e. The first kappa shape index (κ1) is 15.0. The highest BCUT2D eigenvalue weighted by Crippen LogP contribution is 2.32. The lowest BCUT2D eigenvalue weighted by Crippen LogP contribution is -2.24. The normalized spacial score (nSPS) is 12.4. The fraction of sp³-hybridized carbons (Fsp3) is 0.294. The highest BCUT2D eigenvalue weighted by molar-refractivity contribution is 6.31. The molecule has 0 radical (unpaired) electrons. The summed E-state index contributed by atoms with van der Waals surface area (Å²) in [6.07, 6.45) is 0. The SMILES string of the molecule is CCNC(c1cc(F)ccc1Cl)c1c(C)cccc1C. The summed E-state index contributed by atoms with van der Waals surface area (Å²) < 4.78 is 13.6. The van der Waals surface area contributed by atoms with Crippen LogP contribution in [0.1, 0.15) is 35.2 Å². The van der Waals surface area contributed by atoms with E-state index in [0.717, 1.165) is 12.1 Å². The maximum Gasteiger partial charge on any atom is 0.123 e. The third-order valence-electron chi connectivity index (χ3n) is 3.51. The van der Waals surface area contributed by atoms with Gasteiger partial charge in [-0.1, -0.05) is 36.7 Å². The molecule has 0 spiro atoms. The van der Waals surface area contributed by atoms with E-state index >= 15 is 0 Å². The molecular formula is C17H19ClFN. The molecule has 0 fully saturated rings. The second-order valence-corrected chi connectivity index (χ2v) is 5.37. The molecule has 0 aliphatic heterocycles. The van der Waals surface area contributed by atoms with Gasteiger partial charge in [0.05, 0.1) is 6.04 Å². The van der Waals surface area contributed by atoms with Crippen LogP contribution in [0.5, 0.6) is 0 Å². The Hall–Kier alpha value is -1.38. The molecule has 1 atom stereocenters. The maximum absolute atomic E-state index is 13.6. The van der Waals surface area contributed by atoms with Crippen molar-refractivity contribution < 1.29 is 4.39 Å². The lowest BCUT2D eigenvalue weighted by atomic mass is 9.91. The summed E-state index contributed by atoms with van der Waals surface area (Å²) in [5, 5.41) is 4.00. The number of rotatable bonds is 4. The van der Waals surface area contributed by atoms with Crippen molar-refractivity contribution in [3.63, 3.8) is 0 Å². The first-order valence-corrected chi connectivity index (χ1v) is 7.16. The molecule has 0 heterocycles. The van der Waals surface area contributed by atoms with Crippen LogP contribution in [0.2, 0.25) is 5.02 Å². The third-order valence-corrected chi connectivity index (χ3v) is 3.85. The number of halogens is 2. The Bertz CT molecular complexity index is 590. The lowest BCUT2D eigenvalue weighted by Gasteiger charge is -2.24. The molecule has 2 rings (SSSR count). The number of hydrogen-bond donors (Lipinski definition) is 1. The Balaban J connectivity index is 2.59. The predicted octanol–water partition coefficient (Wildman–Crippen LogP) is 4.79. The van der Waals surface area contributed by atoms with Gasteiger partial charge in [-0.05, 0) is 60.8 Å². The van der Waals surface area contributed by atoms with Crippen molar-refractivity contribution in [1.29, 1.82) is 0 Å². The summed E-state index contributed by atoms with van der Waals surface area (Å²) in [6, 6.07) is 10.6. The van der Waals surface area contributed by atoms with Gasteiger partial charge in [-0.2, -0.15) is 0 Å². The van der Waals surface area contributed by atoms with Gasteiger partial charge < -0.3 is 5.32 Å². The Morgan fingerprint density at radius 3 is 2.40 bits per heavy atom. The smallest absolute Gasteiger partial charge is 0.123 e. The molecule has 2 aromatic rings. The van der Waals surface area contributed by atoms with Crippen molar-refractivity contribution in [3.05, 3.63) is 69.5 Å². The van der Waals surface area contributed by atoms with E-state index in [1.165, 1.54) is 28.8 Å². The van der Waals surface area contributed by atoms with E-state index in [-0.39, 0.29) is 11.9 Å². The summed E-state index contributed by atoms with van der Waals surface area (Å²) in [4.78, 5) is 0. The molecule has 0 aromatic heterocycles. The molecule has 3 heteroatoms. The van der Waals surface area contributed by atoms with E-state index in [0.29, 0.717) is 5.02 Å². The van der Waals surface area contributed by atoms with Crippen molar-refractivity contribution in [2.45, 2.75) is 26.8 Å². The van der Waals surface area contributed by atoms with E-state index < -0.39 is 0 Å². The van der Waals surface area contributed by atoms with Crippen molar-refractivity contribution in [2.24, 2.45) is 0 Å². The molecule has 0 amide bonds. The molecular weight excluding hydrogens is 273 g/mol. The summed E-state index contributed by atoms with van der Waals surface area (Å²) in [5.41, 5.74) is 4.31. The number of aryl methyl sites for hydroxylation is 2. The van der Waals surface area contributed by atoms with Gasteiger partial charge in [0.15, 0.2) is 0 Å². The highest BCUT2D eigenvalue weighted by atomic mass is 35.5. The monoisotopic (exact) mass is 291 g/mol. The quantitative estimate of drug-likeness (QED) is 0.853. The second-order valence-electron chi connectivity index (χ2n) is 4.96. The zero-order valence-electron chi connectivity index (χ0n) is 12.0. The molecule has 0 aliphatic rings. The van der Waals surface area contributed by atoms with Crippen LogP contribution in [0.15, 0.2) is 36.4 Å². The average molecular weight is 292 g/mol. The first-order valence-electron chi connectivity index (χ1n) is 6.79. The van der Waals surface area contributed by atoms with Crippen LogP contribution < -0.4 is 5.32 Å². The molecule has 1 unspecified atom stereocenters. The number of nitrogens with one attached hydrogen (secondary N) is 1. The zero-order valence-corrected chi connectivity index (χ0v) is 12.8. The Morgan fingerprint density at radius 1 is 1.15 bits per heavy atom. The van der Waals surface area contributed by atoms with Crippen LogP contribution in [0.25, 0.3) is 0 Å². The molecule has 0 bridgehead atoms. The first-order chi connectivity index (χ1) is 9.54. The molecule has 1 N–H and O–H groups in total. The summed E-state index contributed by atoms with van der Waals surface area (Å²) in [6.45, 7) is 6.96. The summed E-state index contributed by atoms with van der Waals surface area (Å²) >= 11 is 6.27. The molecule has 106 valence electrons. The summed E-state index contributed by atoms with van der Waals surface area (Å²) in [5.74, 6) is -0.265. The van der Waals surface area contributed by atoms with Gasteiger partial charge in [0.1, 0.15) is 5.82 Å². The minimum absolute atomic E-state index is 0.0931. The standard InChI is InChI=1S/C17H19ClFN/c1-4-20-17(14-10-13(19)8-9-15(14)18)16-11(2)6-5-7-12(16)3/h5-10,17,20H,4H2,1-3H3. The fourth-order valence-electron chi connectivity index (χ4n) is 2.59. The fourth-order valence-corrected chi connectivity index (χ4v) is 2.82. The number of benzene rings is 2. The Kier molecular flexibility index (Phi) is 4.79. The van der Waals surface area contributed by atoms with E-state index in [1.807, 2.05) is 13.0 Å². The van der Waals surface area contributed by atoms with Crippen LogP contribution in [-0.2, 0) is 0 Å². The van der Waals surface area contributed by atoms with Crippen molar-refractivity contribution in [1.82, 2.24) is 5.32 Å². The predicted molar refractivity (Wildman–Crippen MR) is 82.8 cm³/mol. The third kappa shape index (κ3) is 3.02. The van der Waals surface area contributed by atoms with Gasteiger partial charge in [-0.3, -0.25) is 0 Å². The van der Waals surface area contributed by atoms with Gasteiger partial charge in [0.2, 0.25) is 0 Å². The Labute approximate surface area is 124 Å². The highest BCUT2D eigenvalue weighted by Gasteiger charge is 2.20. The molecule has 0 saturated carbocycles. The molecule has 0 aliphatic carbocycles. The van der Waals surface area contributed by atoms with Crippen LogP contribution in [0.3, 0.4) is 0 Å². The van der Waals surface area contributed by atoms with Crippen molar-refractivity contribution in [3.8, 4) is 0 Å². The van der Waals surface area contributed by atoms with Gasteiger partial charge in [0, 0.05) is 5.02 Å². The molecule has 20 heavy (non-hydrogen) atoms. The largest absolute Gasteiger partial charge is 0.306 e. The minimum atomic E-state index is -0.265. The summed E-state index contributed by atoms with van der Waals surface area (Å²) in [7, 11) is 0. The van der Waals surface area contributed by atoms with E-state index in [4.69, 9.17) is 11.6 Å². The van der Waals surface area contributed by atoms with Gasteiger partial charge in [-0.15, -0.1) is 0 Å². The topological polar surface area (TPSA) is 12.0 Å². The average Bonchev–Trinajstić information content (AvgIpc) is 2.40. The van der Waals surface area contributed by atoms with Crippen LogP contribution >= 0.6 is 11.6 Å². The lowest BCUT2D eigenvalue weighted by molar-refractivity contribution is 0.600. The van der Waals surface area contributed by atoms with E-state index in [1.54, 1.807) is 6.07 Å². The maximum atomic E-state index is 13.6. The van der Waals surface area contributed by atoms with E-state index in [2.05, 4.69) is 31.3 Å². The van der Waals surface area contributed by atoms with Gasteiger partial charge in [-0.25, -0.2) is 4.39 Å². The van der Waals surface area contributed by atoms with Crippen LogP contribution in [0, 0.1) is 19.7 Å². The zero-order chi connectivity index (χ0) is 14.7. The molecule has 2 aromatic carbocycles. The van der Waals surface area contributed by atoms with Crippen molar-refractivity contribution >= 4 is 11.6 Å². The number of hydrogen-bond acceptors (Lipinski definition) is 1. The van der Waals surface area contributed by atoms with Crippen molar-refractivity contribution in [2.75, 3.05) is 6.54 Å². The van der Waals surface area contributed by atoms with Crippen LogP contribution in [-0.4, -0.2) is 6.54 Å². The van der Waals surface area contributed by atoms with Gasteiger partial charge in [0.25, 0.3) is 0 Å². The Morgan fingerprint density at radius 2 is 1.80 bits per heavy atom. The van der Waals surface area contributed by atoms with E-state index in [9.17, 15) is 4.39 Å².